The number of hydrogen-bond donors (Lipinski definition) is 2. The number of nitrogens with one attached hydrogen (secondary N) is 1. The minimum atomic E-state index is -0.428. The summed E-state index contributed by atoms with van der Waals surface area (Å²) in [7, 11) is 1.48. The summed E-state index contributed by atoms with van der Waals surface area (Å²) in [4.78, 5) is 20.2. The minimum absolute atomic E-state index is 0.127. The van der Waals surface area contributed by atoms with E-state index in [1.54, 1.807) is 31.2 Å². The number of rotatable bonds is 3. The van der Waals surface area contributed by atoms with Gasteiger partial charge in [0.05, 0.1) is 18.4 Å². The predicted octanol–water partition coefficient (Wildman–Crippen LogP) is 2.28. The summed E-state index contributed by atoms with van der Waals surface area (Å²) in [6, 6.07) is 6.53. The molecular weight excluding hydrogens is 280 g/mol. The van der Waals surface area contributed by atoms with E-state index in [2.05, 4.69) is 15.3 Å². The van der Waals surface area contributed by atoms with E-state index in [-0.39, 0.29) is 22.4 Å². The third kappa shape index (κ3) is 2.97. The lowest BCUT2D eigenvalue weighted by molar-refractivity contribution is 0.102. The molecule has 0 unspecified atom stereocenters. The summed E-state index contributed by atoms with van der Waals surface area (Å²) in [5.74, 6) is 0.131. The van der Waals surface area contributed by atoms with Crippen molar-refractivity contribution in [1.29, 1.82) is 0 Å². The van der Waals surface area contributed by atoms with Crippen LogP contribution in [0, 0.1) is 6.92 Å². The molecule has 104 valence electrons. The fourth-order valence-electron chi connectivity index (χ4n) is 1.67. The lowest BCUT2D eigenvalue weighted by Crippen LogP contribution is -2.16. The van der Waals surface area contributed by atoms with Crippen LogP contribution in [0.4, 0.5) is 11.6 Å². The number of anilines is 2. The second-order valence-corrected chi connectivity index (χ2v) is 4.42. The van der Waals surface area contributed by atoms with Crippen LogP contribution in [-0.2, 0) is 0 Å². The molecule has 1 aromatic carbocycles. The van der Waals surface area contributed by atoms with E-state index in [9.17, 15) is 4.79 Å². The van der Waals surface area contributed by atoms with E-state index >= 15 is 0 Å². The summed E-state index contributed by atoms with van der Waals surface area (Å²) in [5.41, 5.74) is 7.05. The highest BCUT2D eigenvalue weighted by Gasteiger charge is 2.14. The topological polar surface area (TPSA) is 90.1 Å². The average Bonchev–Trinajstić information content (AvgIpc) is 2.37. The number of aromatic nitrogens is 2. The first-order valence-electron chi connectivity index (χ1n) is 5.76. The Morgan fingerprint density at radius 1 is 1.40 bits per heavy atom. The zero-order valence-corrected chi connectivity index (χ0v) is 11.7. The zero-order chi connectivity index (χ0) is 14.7. The molecule has 0 bridgehead atoms. The first kappa shape index (κ1) is 14.1. The van der Waals surface area contributed by atoms with Gasteiger partial charge in [-0.25, -0.2) is 9.97 Å². The zero-order valence-electron chi connectivity index (χ0n) is 11.0. The monoisotopic (exact) mass is 292 g/mol. The van der Waals surface area contributed by atoms with Gasteiger partial charge in [-0.2, -0.15) is 0 Å². The van der Waals surface area contributed by atoms with Crippen LogP contribution in [0.3, 0.4) is 0 Å². The van der Waals surface area contributed by atoms with Gasteiger partial charge in [0.1, 0.15) is 10.9 Å². The molecule has 1 aromatic heterocycles. The van der Waals surface area contributed by atoms with Crippen molar-refractivity contribution in [2.75, 3.05) is 18.2 Å². The summed E-state index contributed by atoms with van der Waals surface area (Å²) < 4.78 is 5.07. The Balaban J connectivity index is 2.28. The predicted molar refractivity (Wildman–Crippen MR) is 77.1 cm³/mol. The third-order valence-electron chi connectivity index (χ3n) is 2.58. The normalized spacial score (nSPS) is 10.2. The highest BCUT2D eigenvalue weighted by Crippen LogP contribution is 2.25. The number of hydrogen-bond acceptors (Lipinski definition) is 5. The van der Waals surface area contributed by atoms with Gasteiger partial charge in [0.2, 0.25) is 5.95 Å². The number of carbonyl (C=O) groups is 1. The fraction of sp³-hybridized carbons (Fsp3) is 0.154. The first-order chi connectivity index (χ1) is 9.51. The van der Waals surface area contributed by atoms with Crippen LogP contribution in [0.1, 0.15) is 16.1 Å². The molecule has 2 aromatic rings. The van der Waals surface area contributed by atoms with Crippen LogP contribution >= 0.6 is 11.6 Å². The Morgan fingerprint density at radius 3 is 2.80 bits per heavy atom. The van der Waals surface area contributed by atoms with Gasteiger partial charge in [0, 0.05) is 5.69 Å². The molecule has 0 aliphatic heterocycles. The Kier molecular flexibility index (Phi) is 4.05. The molecule has 0 aliphatic rings. The van der Waals surface area contributed by atoms with Crippen molar-refractivity contribution < 1.29 is 9.53 Å². The highest BCUT2D eigenvalue weighted by molar-refractivity contribution is 6.29. The number of nitrogens with two attached hydrogens (primary N) is 1. The largest absolute Gasteiger partial charge is 0.495 e. The molecule has 20 heavy (non-hydrogen) atoms. The van der Waals surface area contributed by atoms with Crippen LogP contribution < -0.4 is 15.8 Å². The number of aryl methyl sites for hydroxylation is 1. The molecule has 7 heteroatoms. The van der Waals surface area contributed by atoms with Crippen molar-refractivity contribution in [3.05, 3.63) is 40.7 Å². The lowest BCUT2D eigenvalue weighted by atomic mass is 10.1. The molecule has 2 rings (SSSR count). The highest BCUT2D eigenvalue weighted by atomic mass is 35.5. The minimum Gasteiger partial charge on any atom is -0.495 e. The van der Waals surface area contributed by atoms with Gasteiger partial charge in [-0.3, -0.25) is 10.1 Å². The molecule has 1 heterocycles. The Morgan fingerprint density at radius 2 is 2.15 bits per heavy atom. The first-order valence-corrected chi connectivity index (χ1v) is 6.14. The van der Waals surface area contributed by atoms with Crippen molar-refractivity contribution in [3.63, 3.8) is 0 Å². The van der Waals surface area contributed by atoms with E-state index < -0.39 is 5.91 Å². The standard InChI is InChI=1S/C13H13ClN4O2/c1-7-6-10(14)17-13(16-7)18-12(19)8-4-3-5-9(20-2)11(8)15/h3-6H,15H2,1-2H3,(H,16,17,18,19). The molecule has 0 fully saturated rings. The number of methoxy groups -OCH3 is 1. The number of ether oxygens (including phenoxy) is 1. The molecule has 6 nitrogen and oxygen atoms in total. The molecule has 0 atom stereocenters. The van der Waals surface area contributed by atoms with Crippen LogP contribution in [-0.4, -0.2) is 23.0 Å². The molecule has 1 amide bonds. The maximum Gasteiger partial charge on any atom is 0.260 e. The van der Waals surface area contributed by atoms with E-state index in [1.807, 2.05) is 0 Å². The number of halogens is 1. The molecular formula is C13H13ClN4O2. The SMILES string of the molecule is COc1cccc(C(=O)Nc2nc(C)cc(Cl)n2)c1N. The smallest absolute Gasteiger partial charge is 0.260 e. The maximum atomic E-state index is 12.2. The molecule has 0 spiro atoms. The summed E-state index contributed by atoms with van der Waals surface area (Å²) in [6.07, 6.45) is 0. The Labute approximate surface area is 120 Å². The van der Waals surface area contributed by atoms with Crippen LogP contribution in [0.15, 0.2) is 24.3 Å². The van der Waals surface area contributed by atoms with Crippen molar-refractivity contribution in [2.45, 2.75) is 6.92 Å². The van der Waals surface area contributed by atoms with Gasteiger partial charge in [0.15, 0.2) is 0 Å². The lowest BCUT2D eigenvalue weighted by Gasteiger charge is -2.10. The van der Waals surface area contributed by atoms with Gasteiger partial charge >= 0.3 is 0 Å². The maximum absolute atomic E-state index is 12.2. The molecule has 3 N–H and O–H groups in total. The van der Waals surface area contributed by atoms with Crippen molar-refractivity contribution in [1.82, 2.24) is 9.97 Å². The van der Waals surface area contributed by atoms with E-state index in [0.29, 0.717) is 11.4 Å². The van der Waals surface area contributed by atoms with Gasteiger partial charge in [-0.05, 0) is 25.1 Å². The average molecular weight is 293 g/mol. The second kappa shape index (κ2) is 5.75. The van der Waals surface area contributed by atoms with E-state index in [0.717, 1.165) is 0 Å². The van der Waals surface area contributed by atoms with Gasteiger partial charge in [-0.1, -0.05) is 17.7 Å². The van der Waals surface area contributed by atoms with Crippen LogP contribution in [0.2, 0.25) is 5.15 Å². The summed E-state index contributed by atoms with van der Waals surface area (Å²) >= 11 is 5.81. The van der Waals surface area contributed by atoms with Crippen LogP contribution in [0.25, 0.3) is 0 Å². The van der Waals surface area contributed by atoms with Gasteiger partial charge in [0.25, 0.3) is 5.91 Å². The Hall–Kier alpha value is -2.34. The number of nitrogens with zero attached hydrogens (tertiary/aromatic N) is 2. The van der Waals surface area contributed by atoms with Crippen molar-refractivity contribution in [2.24, 2.45) is 0 Å². The summed E-state index contributed by atoms with van der Waals surface area (Å²) in [5, 5.41) is 2.81. The molecule has 0 saturated carbocycles. The third-order valence-corrected chi connectivity index (χ3v) is 2.77. The van der Waals surface area contributed by atoms with E-state index in [1.165, 1.54) is 7.11 Å². The molecule has 0 aliphatic carbocycles. The van der Waals surface area contributed by atoms with Crippen molar-refractivity contribution in [3.8, 4) is 5.75 Å². The Bertz CT molecular complexity index is 641. The van der Waals surface area contributed by atoms with Crippen LogP contribution in [0.5, 0.6) is 5.75 Å². The molecule has 0 saturated heterocycles. The van der Waals surface area contributed by atoms with Gasteiger partial charge in [-0.15, -0.1) is 0 Å². The summed E-state index contributed by atoms with van der Waals surface area (Å²) in [6.45, 7) is 1.75. The second-order valence-electron chi connectivity index (χ2n) is 4.03. The quantitative estimate of drug-likeness (QED) is 0.669. The number of carbonyl (C=O) groups excluding carboxylic acids is 1. The number of para-hydroxylation sites is 1. The fourth-order valence-corrected chi connectivity index (χ4v) is 1.91. The van der Waals surface area contributed by atoms with E-state index in [4.69, 9.17) is 22.1 Å². The van der Waals surface area contributed by atoms with Gasteiger partial charge < -0.3 is 10.5 Å². The number of nitrogen functional groups attached to an aromatic ring is 1. The number of benzene rings is 1. The molecule has 0 radical (unpaired) electrons. The van der Waals surface area contributed by atoms with Crippen molar-refractivity contribution >= 4 is 29.1 Å². The number of amides is 1.